The first kappa shape index (κ1) is 22.0. The number of carbonyl (C=O) groups is 1. The minimum Gasteiger partial charge on any atom is -0.493 e. The van der Waals surface area contributed by atoms with Crippen LogP contribution >= 0.6 is 0 Å². The van der Waals surface area contributed by atoms with Crippen molar-refractivity contribution in [3.8, 4) is 34.5 Å². The monoisotopic (exact) mass is 406 g/mol. The molecule has 0 N–H and O–H groups in total. The first-order chi connectivity index (χ1) is 14.0. The smallest absolute Gasteiger partial charge is 0.310 e. The predicted molar refractivity (Wildman–Crippen MR) is 106 cm³/mol. The van der Waals surface area contributed by atoms with E-state index in [-0.39, 0.29) is 13.0 Å². The molecule has 0 radical (unpaired) electrons. The normalized spacial score (nSPS) is 10.1. The molecule has 0 heterocycles. The van der Waals surface area contributed by atoms with E-state index in [9.17, 15) is 4.79 Å². The van der Waals surface area contributed by atoms with Gasteiger partial charge in [0.1, 0.15) is 6.61 Å². The minimum atomic E-state index is -0.409. The summed E-state index contributed by atoms with van der Waals surface area (Å²) in [5.74, 6) is 2.45. The average Bonchev–Trinajstić information content (AvgIpc) is 2.75. The highest BCUT2D eigenvalue weighted by molar-refractivity contribution is 5.73. The summed E-state index contributed by atoms with van der Waals surface area (Å²) in [5, 5.41) is 0. The van der Waals surface area contributed by atoms with Gasteiger partial charge in [-0.25, -0.2) is 0 Å². The van der Waals surface area contributed by atoms with Crippen molar-refractivity contribution in [1.29, 1.82) is 0 Å². The molecule has 0 unspecified atom stereocenters. The van der Waals surface area contributed by atoms with Gasteiger partial charge in [0.15, 0.2) is 23.0 Å². The molecule has 158 valence electrons. The molecule has 2 aromatic rings. The van der Waals surface area contributed by atoms with E-state index in [1.54, 1.807) is 24.3 Å². The van der Waals surface area contributed by atoms with Crippen LogP contribution in [0.2, 0.25) is 0 Å². The third kappa shape index (κ3) is 5.16. The number of methoxy groups -OCH3 is 6. The quantitative estimate of drug-likeness (QED) is 0.557. The Bertz CT molecular complexity index is 797. The molecule has 2 rings (SSSR count). The Balaban J connectivity index is 2.12. The van der Waals surface area contributed by atoms with E-state index in [1.165, 1.54) is 42.7 Å². The lowest BCUT2D eigenvalue weighted by molar-refractivity contribution is -0.144. The van der Waals surface area contributed by atoms with E-state index in [0.717, 1.165) is 0 Å². The summed E-state index contributed by atoms with van der Waals surface area (Å²) in [6.45, 7) is 0.0555. The third-order valence-corrected chi connectivity index (χ3v) is 4.20. The van der Waals surface area contributed by atoms with Crippen molar-refractivity contribution in [1.82, 2.24) is 0 Å². The standard InChI is InChI=1S/C21H26O8/c1-23-15-7-13(8-16(24-2)20(15)27-5)11-19(22)29-12-14-9-17(25-3)21(28-6)18(10-14)26-4/h7-10H,11-12H2,1-6H3. The fraction of sp³-hybridized carbons (Fsp3) is 0.381. The van der Waals surface area contributed by atoms with Crippen LogP contribution in [-0.2, 0) is 22.6 Å². The molecular formula is C21H26O8. The van der Waals surface area contributed by atoms with Crippen LogP contribution in [0.1, 0.15) is 11.1 Å². The fourth-order valence-corrected chi connectivity index (χ4v) is 2.84. The van der Waals surface area contributed by atoms with Gasteiger partial charge in [-0.3, -0.25) is 4.79 Å². The van der Waals surface area contributed by atoms with Gasteiger partial charge in [-0.2, -0.15) is 0 Å². The molecule has 0 atom stereocenters. The second-order valence-corrected chi connectivity index (χ2v) is 5.90. The van der Waals surface area contributed by atoms with Gasteiger partial charge in [-0.15, -0.1) is 0 Å². The van der Waals surface area contributed by atoms with Crippen molar-refractivity contribution < 1.29 is 38.0 Å². The second kappa shape index (κ2) is 10.3. The van der Waals surface area contributed by atoms with Gasteiger partial charge in [-0.1, -0.05) is 0 Å². The van der Waals surface area contributed by atoms with Crippen LogP contribution in [0.3, 0.4) is 0 Å². The summed E-state index contributed by atoms with van der Waals surface area (Å²) in [6, 6.07) is 6.88. The first-order valence-electron chi connectivity index (χ1n) is 8.74. The summed E-state index contributed by atoms with van der Waals surface area (Å²) in [5.41, 5.74) is 1.38. The van der Waals surface area contributed by atoms with Crippen molar-refractivity contribution in [2.45, 2.75) is 13.0 Å². The Labute approximate surface area is 170 Å². The zero-order valence-corrected chi connectivity index (χ0v) is 17.5. The van der Waals surface area contributed by atoms with Crippen molar-refractivity contribution in [3.63, 3.8) is 0 Å². The van der Waals surface area contributed by atoms with Gasteiger partial charge in [0.25, 0.3) is 0 Å². The highest BCUT2D eigenvalue weighted by atomic mass is 16.5. The van der Waals surface area contributed by atoms with Crippen molar-refractivity contribution >= 4 is 5.97 Å². The number of rotatable bonds is 10. The largest absolute Gasteiger partial charge is 0.493 e. The molecule has 0 aromatic heterocycles. The molecule has 0 aliphatic rings. The van der Waals surface area contributed by atoms with Crippen LogP contribution in [0.25, 0.3) is 0 Å². The summed E-state index contributed by atoms with van der Waals surface area (Å²) in [6.07, 6.45) is 0.0428. The maximum Gasteiger partial charge on any atom is 0.310 e. The van der Waals surface area contributed by atoms with Crippen LogP contribution in [0.5, 0.6) is 34.5 Å². The van der Waals surface area contributed by atoms with E-state index in [1.807, 2.05) is 0 Å². The van der Waals surface area contributed by atoms with Gasteiger partial charge < -0.3 is 33.2 Å². The van der Waals surface area contributed by atoms with Gasteiger partial charge in [0.2, 0.25) is 11.5 Å². The Morgan fingerprint density at radius 1 is 0.621 bits per heavy atom. The lowest BCUT2D eigenvalue weighted by atomic mass is 10.1. The number of benzene rings is 2. The maximum atomic E-state index is 12.3. The summed E-state index contributed by atoms with van der Waals surface area (Å²) < 4.78 is 37.2. The van der Waals surface area contributed by atoms with Crippen molar-refractivity contribution in [2.24, 2.45) is 0 Å². The topological polar surface area (TPSA) is 81.7 Å². The zero-order chi connectivity index (χ0) is 21.4. The van der Waals surface area contributed by atoms with E-state index in [0.29, 0.717) is 45.6 Å². The molecular weight excluding hydrogens is 380 g/mol. The van der Waals surface area contributed by atoms with E-state index >= 15 is 0 Å². The summed E-state index contributed by atoms with van der Waals surface area (Å²) in [4.78, 5) is 12.3. The number of hydrogen-bond acceptors (Lipinski definition) is 8. The van der Waals surface area contributed by atoms with E-state index < -0.39 is 5.97 Å². The van der Waals surface area contributed by atoms with Crippen LogP contribution in [0.15, 0.2) is 24.3 Å². The number of carbonyl (C=O) groups excluding carboxylic acids is 1. The molecule has 0 saturated heterocycles. The van der Waals surface area contributed by atoms with Crippen molar-refractivity contribution in [3.05, 3.63) is 35.4 Å². The maximum absolute atomic E-state index is 12.3. The Morgan fingerprint density at radius 3 is 1.34 bits per heavy atom. The Morgan fingerprint density at radius 2 is 1.00 bits per heavy atom. The molecule has 0 amide bonds. The lowest BCUT2D eigenvalue weighted by Crippen LogP contribution is -2.09. The number of esters is 1. The van der Waals surface area contributed by atoms with Crippen LogP contribution in [0.4, 0.5) is 0 Å². The van der Waals surface area contributed by atoms with Gasteiger partial charge in [-0.05, 0) is 35.4 Å². The van der Waals surface area contributed by atoms with Crippen LogP contribution < -0.4 is 28.4 Å². The molecule has 0 aliphatic carbocycles. The molecule has 0 aliphatic heterocycles. The molecule has 29 heavy (non-hydrogen) atoms. The van der Waals surface area contributed by atoms with Gasteiger partial charge in [0, 0.05) is 0 Å². The molecule has 0 fully saturated rings. The Kier molecular flexibility index (Phi) is 7.82. The average molecular weight is 406 g/mol. The molecule has 0 saturated carbocycles. The van der Waals surface area contributed by atoms with Gasteiger partial charge >= 0.3 is 5.97 Å². The third-order valence-electron chi connectivity index (χ3n) is 4.20. The highest BCUT2D eigenvalue weighted by Gasteiger charge is 2.17. The molecule has 8 nitrogen and oxygen atoms in total. The summed E-state index contributed by atoms with van der Waals surface area (Å²) >= 11 is 0. The minimum absolute atomic E-state index is 0.0428. The number of ether oxygens (including phenoxy) is 7. The second-order valence-electron chi connectivity index (χ2n) is 5.90. The van der Waals surface area contributed by atoms with E-state index in [4.69, 9.17) is 33.2 Å². The van der Waals surface area contributed by atoms with Crippen LogP contribution in [0, 0.1) is 0 Å². The zero-order valence-electron chi connectivity index (χ0n) is 17.5. The van der Waals surface area contributed by atoms with Gasteiger partial charge in [0.05, 0.1) is 49.1 Å². The molecule has 0 spiro atoms. The highest BCUT2D eigenvalue weighted by Crippen LogP contribution is 2.39. The first-order valence-corrected chi connectivity index (χ1v) is 8.74. The summed E-state index contributed by atoms with van der Waals surface area (Å²) in [7, 11) is 9.13. The molecule has 0 bridgehead atoms. The SMILES string of the molecule is COc1cc(COC(=O)Cc2cc(OC)c(OC)c(OC)c2)cc(OC)c1OC. The van der Waals surface area contributed by atoms with Crippen LogP contribution in [-0.4, -0.2) is 48.6 Å². The van der Waals surface area contributed by atoms with E-state index in [2.05, 4.69) is 0 Å². The number of hydrogen-bond donors (Lipinski definition) is 0. The molecule has 2 aromatic carbocycles. The Hall–Kier alpha value is -3.29. The fourth-order valence-electron chi connectivity index (χ4n) is 2.84. The van der Waals surface area contributed by atoms with Crippen molar-refractivity contribution in [2.75, 3.05) is 42.7 Å². The lowest BCUT2D eigenvalue weighted by Gasteiger charge is -2.15. The predicted octanol–water partition coefficient (Wildman–Crippen LogP) is 3.02. The molecule has 8 heteroatoms.